The van der Waals surface area contributed by atoms with Gasteiger partial charge in [-0.15, -0.1) is 0 Å². The number of hydrogen-bond donors (Lipinski definition) is 1. The summed E-state index contributed by atoms with van der Waals surface area (Å²) in [5.74, 6) is 1.31. The van der Waals surface area contributed by atoms with E-state index < -0.39 is 5.97 Å². The van der Waals surface area contributed by atoms with Crippen LogP contribution in [0.3, 0.4) is 0 Å². The van der Waals surface area contributed by atoms with E-state index in [9.17, 15) is 4.79 Å². The normalized spacial score (nSPS) is 40.4. The zero-order chi connectivity index (χ0) is 11.1. The van der Waals surface area contributed by atoms with E-state index >= 15 is 0 Å². The van der Waals surface area contributed by atoms with Crippen LogP contribution in [0.4, 0.5) is 0 Å². The monoisotopic (exact) mass is 223 g/mol. The van der Waals surface area contributed by atoms with Crippen LogP contribution in [0.2, 0.25) is 0 Å². The van der Waals surface area contributed by atoms with Crippen LogP contribution < -0.4 is 0 Å². The number of carbonyl (C=O) groups is 1. The summed E-state index contributed by atoms with van der Waals surface area (Å²) in [6.45, 7) is 2.04. The van der Waals surface area contributed by atoms with Crippen molar-refractivity contribution in [2.24, 2.45) is 17.8 Å². The summed E-state index contributed by atoms with van der Waals surface area (Å²) in [4.78, 5) is 13.5. The number of fused-ring (bicyclic) bond motifs is 1. The molecule has 1 heterocycles. The van der Waals surface area contributed by atoms with Crippen LogP contribution >= 0.6 is 0 Å². The Kier molecular flexibility index (Phi) is 2.66. The van der Waals surface area contributed by atoms with Crippen LogP contribution in [0.25, 0.3) is 0 Å². The van der Waals surface area contributed by atoms with Gasteiger partial charge in [0.05, 0.1) is 5.92 Å². The predicted octanol–water partition coefficient (Wildman–Crippen LogP) is 1.97. The molecule has 0 bridgehead atoms. The van der Waals surface area contributed by atoms with E-state index in [4.69, 9.17) is 5.11 Å². The summed E-state index contributed by atoms with van der Waals surface area (Å²) in [6.07, 6.45) is 7.40. The molecule has 0 aromatic carbocycles. The van der Waals surface area contributed by atoms with Crippen LogP contribution in [0, 0.1) is 17.8 Å². The lowest BCUT2D eigenvalue weighted by atomic mass is 9.74. The maximum Gasteiger partial charge on any atom is 0.306 e. The molecule has 1 aliphatic heterocycles. The van der Waals surface area contributed by atoms with Crippen molar-refractivity contribution < 1.29 is 9.90 Å². The molecule has 90 valence electrons. The van der Waals surface area contributed by atoms with Crippen molar-refractivity contribution in [3.63, 3.8) is 0 Å². The van der Waals surface area contributed by atoms with Crippen LogP contribution in [0.1, 0.15) is 38.5 Å². The molecule has 3 rings (SSSR count). The first-order valence-corrected chi connectivity index (χ1v) is 6.72. The number of hydrogen-bond acceptors (Lipinski definition) is 2. The Morgan fingerprint density at radius 3 is 2.19 bits per heavy atom. The Labute approximate surface area is 96.8 Å². The first kappa shape index (κ1) is 10.6. The molecule has 0 spiro atoms. The summed E-state index contributed by atoms with van der Waals surface area (Å²) in [6, 6.07) is 0.800. The topological polar surface area (TPSA) is 40.5 Å². The minimum atomic E-state index is -0.590. The van der Waals surface area contributed by atoms with Crippen molar-refractivity contribution in [2.75, 3.05) is 13.1 Å². The molecule has 0 aromatic rings. The Morgan fingerprint density at radius 2 is 1.69 bits per heavy atom. The van der Waals surface area contributed by atoms with Crippen molar-refractivity contribution in [3.8, 4) is 0 Å². The fraction of sp³-hybridized carbons (Fsp3) is 0.923. The third-order valence-electron chi connectivity index (χ3n) is 5.15. The zero-order valence-electron chi connectivity index (χ0n) is 9.77. The second-order valence-corrected chi connectivity index (χ2v) is 5.79. The van der Waals surface area contributed by atoms with Crippen molar-refractivity contribution in [2.45, 2.75) is 44.6 Å². The highest BCUT2D eigenvalue weighted by atomic mass is 16.4. The van der Waals surface area contributed by atoms with Gasteiger partial charge >= 0.3 is 5.97 Å². The number of aliphatic carboxylic acids is 1. The molecule has 3 atom stereocenters. The molecule has 16 heavy (non-hydrogen) atoms. The maximum absolute atomic E-state index is 10.9. The summed E-state index contributed by atoms with van der Waals surface area (Å²) in [5.41, 5.74) is 0. The minimum absolute atomic E-state index is 0.0742. The highest BCUT2D eigenvalue weighted by molar-refractivity contribution is 5.70. The Bertz CT molecular complexity index is 284. The fourth-order valence-corrected chi connectivity index (χ4v) is 3.99. The fourth-order valence-electron chi connectivity index (χ4n) is 3.99. The molecule has 3 nitrogen and oxygen atoms in total. The highest BCUT2D eigenvalue weighted by Crippen LogP contribution is 2.49. The maximum atomic E-state index is 10.9. The third kappa shape index (κ3) is 1.65. The summed E-state index contributed by atoms with van der Waals surface area (Å²) < 4.78 is 0. The molecule has 1 saturated heterocycles. The van der Waals surface area contributed by atoms with Gasteiger partial charge in [0.25, 0.3) is 0 Å². The molecule has 0 radical (unpaired) electrons. The average Bonchev–Trinajstić information content (AvgIpc) is 2.54. The molecule has 3 fully saturated rings. The molecular formula is C13H21NO2. The number of nitrogens with zero attached hydrogens (tertiary/aromatic N) is 1. The summed E-state index contributed by atoms with van der Waals surface area (Å²) >= 11 is 0. The van der Waals surface area contributed by atoms with Gasteiger partial charge in [0, 0.05) is 6.04 Å². The highest BCUT2D eigenvalue weighted by Gasteiger charge is 2.45. The second-order valence-electron chi connectivity index (χ2n) is 5.79. The van der Waals surface area contributed by atoms with Crippen molar-refractivity contribution in [1.29, 1.82) is 0 Å². The summed E-state index contributed by atoms with van der Waals surface area (Å²) in [5, 5.41) is 8.98. The lowest BCUT2D eigenvalue weighted by Crippen LogP contribution is -2.46. The van der Waals surface area contributed by atoms with Crippen molar-refractivity contribution in [1.82, 2.24) is 4.90 Å². The van der Waals surface area contributed by atoms with Crippen LogP contribution in [-0.2, 0) is 4.79 Å². The largest absolute Gasteiger partial charge is 0.481 e. The molecule has 0 amide bonds. The van der Waals surface area contributed by atoms with E-state index in [1.165, 1.54) is 25.7 Å². The summed E-state index contributed by atoms with van der Waals surface area (Å²) in [7, 11) is 0. The van der Waals surface area contributed by atoms with Gasteiger partial charge in [-0.25, -0.2) is 0 Å². The van der Waals surface area contributed by atoms with Crippen LogP contribution in [0.15, 0.2) is 0 Å². The van der Waals surface area contributed by atoms with E-state index in [1.54, 1.807) is 0 Å². The quantitative estimate of drug-likeness (QED) is 0.778. The van der Waals surface area contributed by atoms with Crippen molar-refractivity contribution >= 4 is 5.97 Å². The van der Waals surface area contributed by atoms with Gasteiger partial charge in [0.1, 0.15) is 0 Å². The van der Waals surface area contributed by atoms with Gasteiger partial charge in [0.15, 0.2) is 0 Å². The molecule has 0 aromatic heterocycles. The van der Waals surface area contributed by atoms with E-state index in [1.807, 2.05) is 0 Å². The standard InChI is InChI=1S/C13H21NO2/c15-13(16)10-5-7-14(8-6-10)12-4-2-9-1-3-11(9)12/h9-12H,1-8H2,(H,15,16). The zero-order valence-corrected chi connectivity index (χ0v) is 9.77. The first-order chi connectivity index (χ1) is 7.75. The third-order valence-corrected chi connectivity index (χ3v) is 5.15. The van der Waals surface area contributed by atoms with Crippen LogP contribution in [-0.4, -0.2) is 35.1 Å². The van der Waals surface area contributed by atoms with Crippen molar-refractivity contribution in [3.05, 3.63) is 0 Å². The minimum Gasteiger partial charge on any atom is -0.481 e. The lowest BCUT2D eigenvalue weighted by Gasteiger charge is -2.42. The van der Waals surface area contributed by atoms with Gasteiger partial charge in [0.2, 0.25) is 0 Å². The number of rotatable bonds is 2. The molecule has 3 unspecified atom stereocenters. The predicted molar refractivity (Wildman–Crippen MR) is 61.2 cm³/mol. The molecule has 3 aliphatic rings. The molecular weight excluding hydrogens is 202 g/mol. The molecule has 1 N–H and O–H groups in total. The van der Waals surface area contributed by atoms with E-state index in [2.05, 4.69) is 4.90 Å². The lowest BCUT2D eigenvalue weighted by molar-refractivity contribution is -0.143. The van der Waals surface area contributed by atoms with E-state index in [-0.39, 0.29) is 5.92 Å². The number of carboxylic acids is 1. The van der Waals surface area contributed by atoms with Gasteiger partial charge in [-0.05, 0) is 63.5 Å². The van der Waals surface area contributed by atoms with Gasteiger partial charge in [-0.1, -0.05) is 0 Å². The number of likely N-dealkylation sites (tertiary alicyclic amines) is 1. The van der Waals surface area contributed by atoms with E-state index in [0.717, 1.165) is 43.8 Å². The second kappa shape index (κ2) is 4.02. The Morgan fingerprint density at radius 1 is 1.00 bits per heavy atom. The Balaban J connectivity index is 1.56. The van der Waals surface area contributed by atoms with Crippen LogP contribution in [0.5, 0.6) is 0 Å². The first-order valence-electron chi connectivity index (χ1n) is 6.72. The smallest absolute Gasteiger partial charge is 0.306 e. The van der Waals surface area contributed by atoms with Gasteiger partial charge < -0.3 is 10.0 Å². The van der Waals surface area contributed by atoms with Gasteiger partial charge in [-0.3, -0.25) is 4.79 Å². The molecule has 2 saturated carbocycles. The number of piperidine rings is 1. The number of carboxylic acid groups (broad SMARTS) is 1. The van der Waals surface area contributed by atoms with E-state index in [0.29, 0.717) is 0 Å². The molecule has 2 aliphatic carbocycles. The SMILES string of the molecule is O=C(O)C1CCN(C2CCC3CCC32)CC1. The average molecular weight is 223 g/mol. The Hall–Kier alpha value is -0.570. The van der Waals surface area contributed by atoms with Gasteiger partial charge in [-0.2, -0.15) is 0 Å². The molecule has 3 heteroatoms.